The van der Waals surface area contributed by atoms with Crippen LogP contribution in [0.25, 0.3) is 11.3 Å². The molecule has 0 fully saturated rings. The molecule has 5 heteroatoms. The van der Waals surface area contributed by atoms with E-state index in [0.29, 0.717) is 5.88 Å². The van der Waals surface area contributed by atoms with Crippen molar-refractivity contribution in [2.24, 2.45) is 0 Å². The number of aryl methyl sites for hydroxylation is 1. The van der Waals surface area contributed by atoms with E-state index in [2.05, 4.69) is 20.3 Å². The first-order valence-electron chi connectivity index (χ1n) is 5.83. The smallest absolute Gasteiger partial charge is 0.213 e. The number of hydrogen-bond donors (Lipinski definition) is 1. The van der Waals surface area contributed by atoms with E-state index in [1.54, 1.807) is 13.3 Å². The van der Waals surface area contributed by atoms with Gasteiger partial charge in [-0.15, -0.1) is 0 Å². The second-order valence-corrected chi connectivity index (χ2v) is 3.80. The van der Waals surface area contributed by atoms with Crippen molar-refractivity contribution in [3.05, 3.63) is 30.2 Å². The number of nitrogens with one attached hydrogen (secondary N) is 1. The summed E-state index contributed by atoms with van der Waals surface area (Å²) in [6.07, 6.45) is 1.71. The van der Waals surface area contributed by atoms with E-state index in [-0.39, 0.29) is 0 Å². The Kier molecular flexibility index (Phi) is 3.72. The van der Waals surface area contributed by atoms with Crippen LogP contribution < -0.4 is 10.1 Å². The van der Waals surface area contributed by atoms with Crippen LogP contribution in [0.2, 0.25) is 0 Å². The Hall–Kier alpha value is -2.17. The molecule has 0 saturated heterocycles. The van der Waals surface area contributed by atoms with Gasteiger partial charge < -0.3 is 10.1 Å². The average molecular weight is 244 g/mol. The monoisotopic (exact) mass is 244 g/mol. The molecule has 0 saturated carbocycles. The number of methoxy groups -OCH3 is 1. The lowest BCUT2D eigenvalue weighted by Gasteiger charge is -2.07. The zero-order valence-electron chi connectivity index (χ0n) is 10.8. The molecule has 2 aromatic rings. The molecule has 0 aliphatic heterocycles. The first-order valence-corrected chi connectivity index (χ1v) is 5.83. The number of hydrogen-bond acceptors (Lipinski definition) is 5. The summed E-state index contributed by atoms with van der Waals surface area (Å²) in [5.41, 5.74) is 1.82. The van der Waals surface area contributed by atoms with Crippen molar-refractivity contribution in [2.75, 3.05) is 19.0 Å². The first-order chi connectivity index (χ1) is 8.72. The second-order valence-electron chi connectivity index (χ2n) is 3.80. The Morgan fingerprint density at radius 1 is 1.28 bits per heavy atom. The molecule has 2 rings (SSSR count). The van der Waals surface area contributed by atoms with Gasteiger partial charge in [0.1, 0.15) is 11.6 Å². The largest absolute Gasteiger partial charge is 0.481 e. The fraction of sp³-hybridized carbons (Fsp3) is 0.308. The summed E-state index contributed by atoms with van der Waals surface area (Å²) in [4.78, 5) is 12.8. The molecule has 0 aromatic carbocycles. The normalized spacial score (nSPS) is 10.2. The molecule has 0 atom stereocenters. The molecule has 0 radical (unpaired) electrons. The lowest BCUT2D eigenvalue weighted by molar-refractivity contribution is 0.398. The van der Waals surface area contributed by atoms with E-state index < -0.39 is 0 Å². The van der Waals surface area contributed by atoms with Gasteiger partial charge in [-0.3, -0.25) is 0 Å². The van der Waals surface area contributed by atoms with Gasteiger partial charge in [0.25, 0.3) is 0 Å². The van der Waals surface area contributed by atoms with Gasteiger partial charge in [0.15, 0.2) is 0 Å². The summed E-state index contributed by atoms with van der Waals surface area (Å²) in [6.45, 7) is 4.74. The number of pyridine rings is 1. The van der Waals surface area contributed by atoms with Crippen molar-refractivity contribution in [1.29, 1.82) is 0 Å². The molecule has 18 heavy (non-hydrogen) atoms. The summed E-state index contributed by atoms with van der Waals surface area (Å²) < 4.78 is 5.11. The Balaban J connectivity index is 2.42. The third-order valence-electron chi connectivity index (χ3n) is 2.44. The van der Waals surface area contributed by atoms with Gasteiger partial charge in [0, 0.05) is 30.4 Å². The topological polar surface area (TPSA) is 59.9 Å². The van der Waals surface area contributed by atoms with Crippen LogP contribution in [0, 0.1) is 6.92 Å². The highest BCUT2D eigenvalue weighted by molar-refractivity contribution is 5.63. The van der Waals surface area contributed by atoms with Gasteiger partial charge in [-0.2, -0.15) is 0 Å². The Labute approximate surface area is 106 Å². The summed E-state index contributed by atoms with van der Waals surface area (Å²) in [5.74, 6) is 2.14. The van der Waals surface area contributed by atoms with Crippen LogP contribution in [0.4, 0.5) is 5.82 Å². The first kappa shape index (κ1) is 12.3. The summed E-state index contributed by atoms with van der Waals surface area (Å²) in [7, 11) is 1.60. The van der Waals surface area contributed by atoms with Crippen molar-refractivity contribution < 1.29 is 4.74 Å². The van der Waals surface area contributed by atoms with Gasteiger partial charge in [-0.25, -0.2) is 15.0 Å². The molecule has 5 nitrogen and oxygen atoms in total. The highest BCUT2D eigenvalue weighted by Gasteiger charge is 2.05. The van der Waals surface area contributed by atoms with Gasteiger partial charge in [-0.1, -0.05) is 0 Å². The Bertz CT molecular complexity index is 542. The Morgan fingerprint density at radius 2 is 2.11 bits per heavy atom. The molecule has 0 amide bonds. The Morgan fingerprint density at radius 3 is 2.83 bits per heavy atom. The number of ether oxygens (including phenoxy) is 1. The lowest BCUT2D eigenvalue weighted by Crippen LogP contribution is -2.02. The van der Waals surface area contributed by atoms with Crippen molar-refractivity contribution >= 4 is 5.82 Å². The lowest BCUT2D eigenvalue weighted by atomic mass is 10.2. The minimum atomic E-state index is 0.578. The van der Waals surface area contributed by atoms with E-state index >= 15 is 0 Å². The van der Waals surface area contributed by atoms with Crippen molar-refractivity contribution in [3.8, 4) is 17.1 Å². The molecule has 94 valence electrons. The molecule has 0 aliphatic rings. The SMILES string of the molecule is CCNc1cc(-c2ccnc(OC)c2)nc(C)n1. The van der Waals surface area contributed by atoms with E-state index in [4.69, 9.17) is 4.74 Å². The highest BCUT2D eigenvalue weighted by atomic mass is 16.5. The number of anilines is 1. The molecule has 0 bridgehead atoms. The van der Waals surface area contributed by atoms with E-state index in [0.717, 1.165) is 29.4 Å². The van der Waals surface area contributed by atoms with Crippen molar-refractivity contribution in [2.45, 2.75) is 13.8 Å². The molecule has 2 aromatic heterocycles. The minimum Gasteiger partial charge on any atom is -0.481 e. The van der Waals surface area contributed by atoms with Gasteiger partial charge in [-0.05, 0) is 19.9 Å². The summed E-state index contributed by atoms with van der Waals surface area (Å²) >= 11 is 0. The standard InChI is InChI=1S/C13H16N4O/c1-4-14-12-8-11(16-9(2)17-12)10-5-6-15-13(7-10)18-3/h5-8H,4H2,1-3H3,(H,14,16,17). The average Bonchev–Trinajstić information content (AvgIpc) is 2.38. The molecule has 0 spiro atoms. The maximum atomic E-state index is 5.11. The zero-order valence-corrected chi connectivity index (χ0v) is 10.8. The van der Waals surface area contributed by atoms with Gasteiger partial charge >= 0.3 is 0 Å². The summed E-state index contributed by atoms with van der Waals surface area (Å²) in [5, 5.41) is 3.19. The molecule has 1 N–H and O–H groups in total. The number of rotatable bonds is 4. The predicted octanol–water partition coefficient (Wildman–Crippen LogP) is 2.29. The number of aromatic nitrogens is 3. The van der Waals surface area contributed by atoms with E-state index in [9.17, 15) is 0 Å². The van der Waals surface area contributed by atoms with Crippen LogP contribution >= 0.6 is 0 Å². The van der Waals surface area contributed by atoms with E-state index in [1.165, 1.54) is 0 Å². The number of nitrogens with zero attached hydrogens (tertiary/aromatic N) is 3. The van der Waals surface area contributed by atoms with Crippen LogP contribution in [0.3, 0.4) is 0 Å². The highest BCUT2D eigenvalue weighted by Crippen LogP contribution is 2.22. The van der Waals surface area contributed by atoms with Crippen LogP contribution in [-0.4, -0.2) is 28.6 Å². The van der Waals surface area contributed by atoms with E-state index in [1.807, 2.05) is 32.0 Å². The van der Waals surface area contributed by atoms with Gasteiger partial charge in [0.05, 0.1) is 12.8 Å². The van der Waals surface area contributed by atoms with Crippen LogP contribution in [0.15, 0.2) is 24.4 Å². The molecular formula is C13H16N4O. The van der Waals surface area contributed by atoms with Crippen molar-refractivity contribution in [3.63, 3.8) is 0 Å². The molecule has 0 unspecified atom stereocenters. The summed E-state index contributed by atoms with van der Waals surface area (Å²) in [6, 6.07) is 5.68. The maximum Gasteiger partial charge on any atom is 0.213 e. The molecule has 0 aliphatic carbocycles. The van der Waals surface area contributed by atoms with Gasteiger partial charge in [0.2, 0.25) is 5.88 Å². The van der Waals surface area contributed by atoms with Crippen LogP contribution in [0.5, 0.6) is 5.88 Å². The van der Waals surface area contributed by atoms with Crippen LogP contribution in [-0.2, 0) is 0 Å². The molecule has 2 heterocycles. The molecular weight excluding hydrogens is 228 g/mol. The quantitative estimate of drug-likeness (QED) is 0.894. The fourth-order valence-electron chi connectivity index (χ4n) is 1.67. The van der Waals surface area contributed by atoms with Crippen LogP contribution in [0.1, 0.15) is 12.7 Å². The third-order valence-corrected chi connectivity index (χ3v) is 2.44. The second kappa shape index (κ2) is 5.44. The fourth-order valence-corrected chi connectivity index (χ4v) is 1.67. The predicted molar refractivity (Wildman–Crippen MR) is 70.7 cm³/mol. The van der Waals surface area contributed by atoms with Crippen molar-refractivity contribution in [1.82, 2.24) is 15.0 Å². The zero-order chi connectivity index (χ0) is 13.0. The maximum absolute atomic E-state index is 5.11. The minimum absolute atomic E-state index is 0.578. The third kappa shape index (κ3) is 2.74.